The van der Waals surface area contributed by atoms with Gasteiger partial charge in [0.15, 0.2) is 0 Å². The van der Waals surface area contributed by atoms with Crippen LogP contribution >= 0.6 is 0 Å². The van der Waals surface area contributed by atoms with Crippen molar-refractivity contribution in [3.63, 3.8) is 0 Å². The molecule has 2 amide bonds. The summed E-state index contributed by atoms with van der Waals surface area (Å²) in [5, 5.41) is 13.7. The molecule has 32 heavy (non-hydrogen) atoms. The average molecular weight is 463 g/mol. The summed E-state index contributed by atoms with van der Waals surface area (Å²) in [5.74, 6) is -1.03. The average Bonchev–Trinajstić information content (AvgIpc) is 2.75. The third kappa shape index (κ3) is 6.03. The molecule has 1 N–H and O–H groups in total. The number of carbonyl (C=O) groups is 2. The van der Waals surface area contributed by atoms with Crippen molar-refractivity contribution in [2.75, 3.05) is 24.2 Å². The quantitative estimate of drug-likeness (QED) is 0.447. The smallest absolute Gasteiger partial charge is 0.271 e. The lowest BCUT2D eigenvalue weighted by atomic mass is 10.1. The maximum atomic E-state index is 13.3. The van der Waals surface area contributed by atoms with Gasteiger partial charge in [-0.05, 0) is 25.0 Å². The Morgan fingerprint density at radius 1 is 1.16 bits per heavy atom. The molecule has 1 atom stereocenters. The van der Waals surface area contributed by atoms with Crippen LogP contribution in [0, 0.1) is 17.0 Å². The molecule has 0 saturated heterocycles. The highest BCUT2D eigenvalue weighted by Crippen LogP contribution is 2.27. The summed E-state index contributed by atoms with van der Waals surface area (Å²) in [6.45, 7) is 2.61. The Bertz CT molecular complexity index is 1100. The zero-order valence-corrected chi connectivity index (χ0v) is 19.1. The van der Waals surface area contributed by atoms with E-state index in [1.54, 1.807) is 38.1 Å². The molecule has 0 heterocycles. The highest BCUT2D eigenvalue weighted by molar-refractivity contribution is 7.92. The minimum absolute atomic E-state index is 0.0299. The Kier molecular flexibility index (Phi) is 7.92. The first-order valence-electron chi connectivity index (χ1n) is 9.73. The Morgan fingerprint density at radius 2 is 1.78 bits per heavy atom. The predicted octanol–water partition coefficient (Wildman–Crippen LogP) is 1.83. The van der Waals surface area contributed by atoms with Gasteiger partial charge in [0.25, 0.3) is 5.69 Å². The second kappa shape index (κ2) is 10.2. The highest BCUT2D eigenvalue weighted by atomic mass is 32.2. The van der Waals surface area contributed by atoms with Crippen LogP contribution < -0.4 is 9.62 Å². The second-order valence-corrected chi connectivity index (χ2v) is 9.20. The van der Waals surface area contributed by atoms with E-state index in [9.17, 15) is 28.1 Å². The number of rotatable bonds is 9. The molecule has 0 saturated carbocycles. The molecular formula is C21H26N4O6S. The molecule has 2 rings (SSSR count). The van der Waals surface area contributed by atoms with Gasteiger partial charge in [0.1, 0.15) is 12.6 Å². The molecule has 11 heteroatoms. The van der Waals surface area contributed by atoms with Gasteiger partial charge < -0.3 is 10.2 Å². The number of anilines is 1. The number of hydrogen-bond donors (Lipinski definition) is 1. The van der Waals surface area contributed by atoms with Gasteiger partial charge in [-0.1, -0.05) is 36.4 Å². The van der Waals surface area contributed by atoms with Crippen LogP contribution in [0.2, 0.25) is 0 Å². The molecule has 0 aliphatic heterocycles. The number of nitro benzene ring substituents is 1. The topological polar surface area (TPSA) is 130 Å². The number of carbonyl (C=O) groups excluding carboxylic acids is 2. The Labute approximate surface area is 187 Å². The van der Waals surface area contributed by atoms with Crippen molar-refractivity contribution < 1.29 is 22.9 Å². The summed E-state index contributed by atoms with van der Waals surface area (Å²) in [6.07, 6.45) is 0.919. The van der Waals surface area contributed by atoms with Crippen LogP contribution in [0.15, 0.2) is 48.5 Å². The summed E-state index contributed by atoms with van der Waals surface area (Å²) in [5.41, 5.74) is 0.936. The molecular weight excluding hydrogens is 436 g/mol. The summed E-state index contributed by atoms with van der Waals surface area (Å²) >= 11 is 0. The molecule has 172 valence electrons. The molecule has 0 aliphatic rings. The lowest BCUT2D eigenvalue weighted by molar-refractivity contribution is -0.384. The third-order valence-electron chi connectivity index (χ3n) is 4.96. The zero-order valence-electron chi connectivity index (χ0n) is 18.3. The SMILES string of the molecule is CNC(=O)[C@H](C)N(Cc1ccccc1)C(=O)CN(c1cc([N+](=O)[O-])ccc1C)S(C)(=O)=O. The first-order valence-corrected chi connectivity index (χ1v) is 11.6. The molecule has 0 aliphatic carbocycles. The number of nitrogens with zero attached hydrogens (tertiary/aromatic N) is 3. The minimum Gasteiger partial charge on any atom is -0.357 e. The van der Waals surface area contributed by atoms with E-state index in [-0.39, 0.29) is 17.9 Å². The van der Waals surface area contributed by atoms with E-state index < -0.39 is 39.3 Å². The fraction of sp³-hybridized carbons (Fsp3) is 0.333. The second-order valence-electron chi connectivity index (χ2n) is 7.29. The van der Waals surface area contributed by atoms with Gasteiger partial charge >= 0.3 is 0 Å². The van der Waals surface area contributed by atoms with E-state index in [2.05, 4.69) is 5.32 Å². The molecule has 0 unspecified atom stereocenters. The van der Waals surface area contributed by atoms with Crippen molar-refractivity contribution in [2.45, 2.75) is 26.4 Å². The zero-order chi connectivity index (χ0) is 24.1. The van der Waals surface area contributed by atoms with E-state index in [4.69, 9.17) is 0 Å². The van der Waals surface area contributed by atoms with Crippen LogP contribution in [-0.2, 0) is 26.2 Å². The van der Waals surface area contributed by atoms with Gasteiger partial charge in [-0.25, -0.2) is 8.42 Å². The van der Waals surface area contributed by atoms with Gasteiger partial charge in [0, 0.05) is 25.7 Å². The lowest BCUT2D eigenvalue weighted by Crippen LogP contribution is -2.50. The molecule has 0 radical (unpaired) electrons. The minimum atomic E-state index is -3.97. The Balaban J connectivity index is 2.46. The number of sulfonamides is 1. The monoisotopic (exact) mass is 462 g/mol. The maximum Gasteiger partial charge on any atom is 0.271 e. The summed E-state index contributed by atoms with van der Waals surface area (Å²) in [4.78, 5) is 37.4. The van der Waals surface area contributed by atoms with E-state index in [0.29, 0.717) is 5.56 Å². The third-order valence-corrected chi connectivity index (χ3v) is 6.09. The van der Waals surface area contributed by atoms with Crippen molar-refractivity contribution in [3.05, 3.63) is 69.8 Å². The molecule has 0 bridgehead atoms. The fourth-order valence-electron chi connectivity index (χ4n) is 3.15. The van der Waals surface area contributed by atoms with Gasteiger partial charge in [0.2, 0.25) is 21.8 Å². The first kappa shape index (κ1) is 24.8. The number of non-ortho nitro benzene ring substituents is 1. The van der Waals surface area contributed by atoms with Crippen molar-refractivity contribution in [1.29, 1.82) is 0 Å². The number of likely N-dealkylation sites (N-methyl/N-ethyl adjacent to an activating group) is 1. The van der Waals surface area contributed by atoms with Gasteiger partial charge in [-0.15, -0.1) is 0 Å². The molecule has 2 aromatic rings. The largest absolute Gasteiger partial charge is 0.357 e. The molecule has 0 fully saturated rings. The molecule has 0 spiro atoms. The van der Waals surface area contributed by atoms with E-state index in [0.717, 1.165) is 22.2 Å². The summed E-state index contributed by atoms with van der Waals surface area (Å²) < 4.78 is 25.9. The first-order chi connectivity index (χ1) is 15.0. The standard InChI is InChI=1S/C21H26N4O6S/c1-15-10-11-18(25(28)29)12-19(15)24(32(4,30)31)14-20(26)23(16(2)21(27)22-3)13-17-8-6-5-7-9-17/h5-12,16H,13-14H2,1-4H3,(H,22,27)/t16-/m0/s1. The van der Waals surface area contributed by atoms with E-state index in [1.165, 1.54) is 24.1 Å². The van der Waals surface area contributed by atoms with Crippen LogP contribution in [0.3, 0.4) is 0 Å². The van der Waals surface area contributed by atoms with Crippen molar-refractivity contribution in [3.8, 4) is 0 Å². The molecule has 10 nitrogen and oxygen atoms in total. The van der Waals surface area contributed by atoms with Crippen molar-refractivity contribution in [1.82, 2.24) is 10.2 Å². The van der Waals surface area contributed by atoms with Crippen LogP contribution in [0.4, 0.5) is 11.4 Å². The molecule has 0 aromatic heterocycles. The van der Waals surface area contributed by atoms with Crippen LogP contribution in [0.5, 0.6) is 0 Å². The number of nitro groups is 1. The van der Waals surface area contributed by atoms with Crippen molar-refractivity contribution >= 4 is 33.2 Å². The normalized spacial score (nSPS) is 12.0. The molecule has 2 aromatic carbocycles. The van der Waals surface area contributed by atoms with E-state index in [1.807, 2.05) is 6.07 Å². The fourth-order valence-corrected chi connectivity index (χ4v) is 4.05. The van der Waals surface area contributed by atoms with E-state index >= 15 is 0 Å². The van der Waals surface area contributed by atoms with Crippen LogP contribution in [0.1, 0.15) is 18.1 Å². The van der Waals surface area contributed by atoms with Crippen LogP contribution in [-0.4, -0.2) is 55.9 Å². The number of nitrogens with one attached hydrogen (secondary N) is 1. The number of amides is 2. The van der Waals surface area contributed by atoms with Gasteiger partial charge in [0.05, 0.1) is 16.9 Å². The van der Waals surface area contributed by atoms with Crippen molar-refractivity contribution in [2.24, 2.45) is 0 Å². The van der Waals surface area contributed by atoms with Crippen LogP contribution in [0.25, 0.3) is 0 Å². The number of benzene rings is 2. The highest BCUT2D eigenvalue weighted by Gasteiger charge is 2.30. The maximum absolute atomic E-state index is 13.3. The van der Waals surface area contributed by atoms with Gasteiger partial charge in [-0.3, -0.25) is 24.0 Å². The summed E-state index contributed by atoms with van der Waals surface area (Å²) in [7, 11) is -2.53. The Hall–Kier alpha value is -3.47. The summed E-state index contributed by atoms with van der Waals surface area (Å²) in [6, 6.07) is 11.9. The number of hydrogen-bond acceptors (Lipinski definition) is 6. The predicted molar refractivity (Wildman–Crippen MR) is 121 cm³/mol. The van der Waals surface area contributed by atoms with Gasteiger partial charge in [-0.2, -0.15) is 0 Å². The number of aryl methyl sites for hydroxylation is 1. The lowest BCUT2D eigenvalue weighted by Gasteiger charge is -2.31. The Morgan fingerprint density at radius 3 is 2.31 bits per heavy atom.